The predicted molar refractivity (Wildman–Crippen MR) is 98.6 cm³/mol. The first-order valence-electron chi connectivity index (χ1n) is 8.47. The van der Waals surface area contributed by atoms with Crippen LogP contribution in [0.15, 0.2) is 29.4 Å². The fourth-order valence-electron chi connectivity index (χ4n) is 2.50. The van der Waals surface area contributed by atoms with Crippen molar-refractivity contribution < 1.29 is 19.1 Å². The van der Waals surface area contributed by atoms with Crippen molar-refractivity contribution in [2.24, 2.45) is 12.8 Å². The van der Waals surface area contributed by atoms with Gasteiger partial charge in [0, 0.05) is 19.9 Å². The number of fused-ring (bicyclic) bond motifs is 1. The van der Waals surface area contributed by atoms with Crippen LogP contribution in [0.5, 0.6) is 11.5 Å². The van der Waals surface area contributed by atoms with E-state index in [1.165, 1.54) is 11.8 Å². The number of carbonyl (C=O) groups excluding carboxylic acids is 2. The number of aromatic nitrogens is 3. The Hall–Kier alpha value is -2.75. The van der Waals surface area contributed by atoms with E-state index in [9.17, 15) is 9.59 Å². The molecule has 1 aromatic carbocycles. The van der Waals surface area contributed by atoms with Crippen molar-refractivity contribution in [3.05, 3.63) is 30.1 Å². The van der Waals surface area contributed by atoms with Gasteiger partial charge in [0.2, 0.25) is 11.8 Å². The van der Waals surface area contributed by atoms with E-state index in [1.807, 2.05) is 24.3 Å². The molecule has 27 heavy (non-hydrogen) atoms. The fourth-order valence-corrected chi connectivity index (χ4v) is 3.26. The maximum absolute atomic E-state index is 12.1. The maximum Gasteiger partial charge on any atom is 0.230 e. The molecule has 0 saturated heterocycles. The SMILES string of the molecule is Cn1c(CCC(N)=O)nnc1SCC(=O)NC[C@@H]1COc2ccccc2O1. The molecule has 10 heteroatoms. The summed E-state index contributed by atoms with van der Waals surface area (Å²) in [7, 11) is 1.79. The first-order chi connectivity index (χ1) is 13.0. The number of rotatable bonds is 8. The van der Waals surface area contributed by atoms with Crippen molar-refractivity contribution in [2.45, 2.75) is 24.1 Å². The van der Waals surface area contributed by atoms with E-state index in [4.69, 9.17) is 15.2 Å². The number of thioether (sulfide) groups is 1. The molecule has 144 valence electrons. The molecular formula is C17H21N5O4S. The highest BCUT2D eigenvalue weighted by atomic mass is 32.2. The van der Waals surface area contributed by atoms with E-state index >= 15 is 0 Å². The van der Waals surface area contributed by atoms with Gasteiger partial charge in [0.1, 0.15) is 18.5 Å². The molecule has 1 aliphatic heterocycles. The second-order valence-electron chi connectivity index (χ2n) is 6.01. The number of amides is 2. The van der Waals surface area contributed by atoms with Crippen LogP contribution in [0.2, 0.25) is 0 Å². The molecule has 1 atom stereocenters. The first kappa shape index (κ1) is 19.0. The van der Waals surface area contributed by atoms with Gasteiger partial charge in [-0.2, -0.15) is 0 Å². The highest BCUT2D eigenvalue weighted by Crippen LogP contribution is 2.30. The highest BCUT2D eigenvalue weighted by Gasteiger charge is 2.21. The molecule has 3 N–H and O–H groups in total. The number of nitrogens with zero attached hydrogens (tertiary/aromatic N) is 3. The minimum atomic E-state index is -0.386. The van der Waals surface area contributed by atoms with Gasteiger partial charge in [-0.15, -0.1) is 10.2 Å². The molecule has 9 nitrogen and oxygen atoms in total. The third-order valence-corrected chi connectivity index (χ3v) is 4.97. The van der Waals surface area contributed by atoms with Gasteiger partial charge in [0.25, 0.3) is 0 Å². The smallest absolute Gasteiger partial charge is 0.230 e. The van der Waals surface area contributed by atoms with E-state index in [0.717, 1.165) is 0 Å². The fraction of sp³-hybridized carbons (Fsp3) is 0.412. The van der Waals surface area contributed by atoms with Gasteiger partial charge >= 0.3 is 0 Å². The summed E-state index contributed by atoms with van der Waals surface area (Å²) in [6.07, 6.45) is 0.402. The summed E-state index contributed by atoms with van der Waals surface area (Å²) in [5.41, 5.74) is 5.14. The van der Waals surface area contributed by atoms with Crippen LogP contribution in [-0.4, -0.2) is 51.6 Å². The van der Waals surface area contributed by atoms with Crippen LogP contribution in [0.25, 0.3) is 0 Å². The van der Waals surface area contributed by atoms with E-state index in [1.54, 1.807) is 11.6 Å². The van der Waals surface area contributed by atoms with Crippen LogP contribution in [0.3, 0.4) is 0 Å². The lowest BCUT2D eigenvalue weighted by atomic mass is 10.2. The van der Waals surface area contributed by atoms with Crippen molar-refractivity contribution in [1.82, 2.24) is 20.1 Å². The average molecular weight is 391 g/mol. The quantitative estimate of drug-likeness (QED) is 0.620. The Morgan fingerprint density at radius 2 is 2.11 bits per heavy atom. The van der Waals surface area contributed by atoms with Crippen molar-refractivity contribution in [2.75, 3.05) is 18.9 Å². The summed E-state index contributed by atoms with van der Waals surface area (Å²) in [5.74, 6) is 1.73. The number of ether oxygens (including phenoxy) is 2. The summed E-state index contributed by atoms with van der Waals surface area (Å²) < 4.78 is 13.2. The van der Waals surface area contributed by atoms with Crippen molar-refractivity contribution in [3.8, 4) is 11.5 Å². The highest BCUT2D eigenvalue weighted by molar-refractivity contribution is 7.99. The summed E-state index contributed by atoms with van der Waals surface area (Å²) in [5, 5.41) is 11.5. The molecule has 2 amide bonds. The topological polar surface area (TPSA) is 121 Å². The summed E-state index contributed by atoms with van der Waals surface area (Å²) >= 11 is 1.27. The Kier molecular flexibility index (Phi) is 6.17. The monoisotopic (exact) mass is 391 g/mol. The summed E-state index contributed by atoms with van der Waals surface area (Å²) in [6, 6.07) is 7.44. The minimum absolute atomic E-state index is 0.135. The van der Waals surface area contributed by atoms with Crippen LogP contribution in [0, 0.1) is 0 Å². The number of nitrogens with one attached hydrogen (secondary N) is 1. The zero-order chi connectivity index (χ0) is 19.2. The van der Waals surface area contributed by atoms with Gasteiger partial charge in [0.15, 0.2) is 16.7 Å². The molecule has 0 spiro atoms. The summed E-state index contributed by atoms with van der Waals surface area (Å²) in [4.78, 5) is 23.0. The molecule has 2 aromatic rings. The van der Waals surface area contributed by atoms with E-state index in [0.29, 0.717) is 42.1 Å². The van der Waals surface area contributed by atoms with Gasteiger partial charge in [-0.25, -0.2) is 0 Å². The van der Waals surface area contributed by atoms with Crippen LogP contribution in [-0.2, 0) is 23.1 Å². The van der Waals surface area contributed by atoms with Crippen molar-refractivity contribution in [3.63, 3.8) is 0 Å². The lowest BCUT2D eigenvalue weighted by Gasteiger charge is -2.26. The molecule has 0 radical (unpaired) electrons. The molecule has 0 unspecified atom stereocenters. The number of nitrogens with two attached hydrogens (primary N) is 1. The third-order valence-electron chi connectivity index (χ3n) is 3.95. The number of benzene rings is 1. The lowest BCUT2D eigenvalue weighted by Crippen LogP contribution is -2.41. The molecule has 1 aliphatic rings. The second-order valence-corrected chi connectivity index (χ2v) is 6.96. The summed E-state index contributed by atoms with van der Waals surface area (Å²) in [6.45, 7) is 0.743. The third kappa shape index (κ3) is 5.13. The number of hydrogen-bond donors (Lipinski definition) is 2. The van der Waals surface area contributed by atoms with Gasteiger partial charge in [-0.05, 0) is 12.1 Å². The number of primary amides is 1. The first-order valence-corrected chi connectivity index (χ1v) is 9.46. The number of aryl methyl sites for hydroxylation is 1. The standard InChI is InChI=1S/C17H21N5O4S/c1-22-15(7-6-14(18)23)20-21-17(22)27-10-16(24)19-8-11-9-25-12-4-2-3-5-13(12)26-11/h2-5,11H,6-10H2,1H3,(H2,18,23)(H,19,24)/t11-/m1/s1. The van der Waals surface area contributed by atoms with E-state index in [-0.39, 0.29) is 30.1 Å². The normalized spacial score (nSPS) is 15.4. The van der Waals surface area contributed by atoms with E-state index < -0.39 is 0 Å². The van der Waals surface area contributed by atoms with Gasteiger partial charge < -0.3 is 25.1 Å². The Bertz CT molecular complexity index is 825. The Morgan fingerprint density at radius 1 is 1.33 bits per heavy atom. The number of hydrogen-bond acceptors (Lipinski definition) is 7. The Morgan fingerprint density at radius 3 is 2.89 bits per heavy atom. The van der Waals surface area contributed by atoms with Crippen molar-refractivity contribution >= 4 is 23.6 Å². The van der Waals surface area contributed by atoms with Crippen LogP contribution >= 0.6 is 11.8 Å². The van der Waals surface area contributed by atoms with Crippen LogP contribution in [0.4, 0.5) is 0 Å². The number of para-hydroxylation sites is 2. The maximum atomic E-state index is 12.1. The predicted octanol–water partition coefficient (Wildman–Crippen LogP) is 0.281. The average Bonchev–Trinajstić information content (AvgIpc) is 3.02. The number of carbonyl (C=O) groups is 2. The zero-order valence-electron chi connectivity index (χ0n) is 14.9. The molecule has 0 saturated carbocycles. The van der Waals surface area contributed by atoms with Gasteiger partial charge in [-0.1, -0.05) is 23.9 Å². The van der Waals surface area contributed by atoms with Crippen molar-refractivity contribution in [1.29, 1.82) is 0 Å². The lowest BCUT2D eigenvalue weighted by molar-refractivity contribution is -0.119. The van der Waals surface area contributed by atoms with Crippen LogP contribution < -0.4 is 20.5 Å². The molecule has 1 aromatic heterocycles. The molecule has 0 fully saturated rings. The molecular weight excluding hydrogens is 370 g/mol. The minimum Gasteiger partial charge on any atom is -0.486 e. The van der Waals surface area contributed by atoms with Gasteiger partial charge in [0.05, 0.1) is 12.3 Å². The van der Waals surface area contributed by atoms with E-state index in [2.05, 4.69) is 15.5 Å². The largest absolute Gasteiger partial charge is 0.486 e. The van der Waals surface area contributed by atoms with Gasteiger partial charge in [-0.3, -0.25) is 9.59 Å². The van der Waals surface area contributed by atoms with Crippen LogP contribution in [0.1, 0.15) is 12.2 Å². The molecule has 0 bridgehead atoms. The Labute approximate surface area is 160 Å². The molecule has 2 heterocycles. The molecule has 0 aliphatic carbocycles. The zero-order valence-corrected chi connectivity index (χ0v) is 15.7. The Balaban J connectivity index is 1.42. The second kappa shape index (κ2) is 8.76. The molecule has 3 rings (SSSR count).